The first kappa shape index (κ1) is 15.8. The number of amides is 2. The Morgan fingerprint density at radius 1 is 1.18 bits per heavy atom. The van der Waals surface area contributed by atoms with Crippen molar-refractivity contribution in [2.24, 2.45) is 0 Å². The van der Waals surface area contributed by atoms with E-state index in [0.29, 0.717) is 17.8 Å². The van der Waals surface area contributed by atoms with E-state index in [1.54, 1.807) is 24.3 Å². The molecule has 0 bridgehead atoms. The summed E-state index contributed by atoms with van der Waals surface area (Å²) in [5.74, 6) is -1.43. The third-order valence-electron chi connectivity index (χ3n) is 3.62. The summed E-state index contributed by atoms with van der Waals surface area (Å²) in [5.41, 5.74) is 2.03. The van der Waals surface area contributed by atoms with E-state index >= 15 is 0 Å². The normalized spacial score (nSPS) is 13.7. The number of nitrogens with zero attached hydrogens (tertiary/aromatic N) is 1. The molecule has 0 aliphatic heterocycles. The maximum Gasteiger partial charge on any atom is 0.313 e. The van der Waals surface area contributed by atoms with Gasteiger partial charge in [-0.15, -0.1) is 0 Å². The summed E-state index contributed by atoms with van der Waals surface area (Å²) in [6.45, 7) is 0.456. The molecule has 1 aromatic rings. The minimum atomic E-state index is -0.750. The van der Waals surface area contributed by atoms with Gasteiger partial charge in [0.15, 0.2) is 0 Å². The molecule has 2 N–H and O–H groups in total. The van der Waals surface area contributed by atoms with Crippen LogP contribution in [0.1, 0.15) is 37.7 Å². The van der Waals surface area contributed by atoms with Gasteiger partial charge in [-0.1, -0.05) is 23.8 Å². The van der Waals surface area contributed by atoms with Crippen molar-refractivity contribution in [2.45, 2.75) is 32.1 Å². The van der Waals surface area contributed by atoms with Gasteiger partial charge in [0.1, 0.15) is 6.07 Å². The maximum atomic E-state index is 11.8. The van der Waals surface area contributed by atoms with Crippen LogP contribution in [0.3, 0.4) is 0 Å². The van der Waals surface area contributed by atoms with Gasteiger partial charge in [0.25, 0.3) is 0 Å². The molecule has 5 nitrogen and oxygen atoms in total. The van der Waals surface area contributed by atoms with Crippen molar-refractivity contribution >= 4 is 17.5 Å². The first-order valence-corrected chi connectivity index (χ1v) is 7.47. The Labute approximate surface area is 130 Å². The zero-order valence-corrected chi connectivity index (χ0v) is 12.4. The molecule has 1 aromatic carbocycles. The van der Waals surface area contributed by atoms with Crippen LogP contribution in [-0.2, 0) is 9.59 Å². The number of nitrogens with one attached hydrogen (secondary N) is 2. The lowest BCUT2D eigenvalue weighted by Gasteiger charge is -2.13. The fourth-order valence-corrected chi connectivity index (χ4v) is 2.42. The van der Waals surface area contributed by atoms with Gasteiger partial charge in [0.05, 0.1) is 11.3 Å². The van der Waals surface area contributed by atoms with Gasteiger partial charge in [0.2, 0.25) is 0 Å². The average molecular weight is 297 g/mol. The number of hydrogen-bond acceptors (Lipinski definition) is 3. The largest absolute Gasteiger partial charge is 0.348 e. The fraction of sp³-hybridized carbons (Fsp3) is 0.353. The molecule has 0 aromatic heterocycles. The number of anilines is 1. The van der Waals surface area contributed by atoms with Gasteiger partial charge < -0.3 is 10.6 Å². The predicted octanol–water partition coefficient (Wildman–Crippen LogP) is 2.50. The maximum absolute atomic E-state index is 11.8. The Balaban J connectivity index is 1.81. The van der Waals surface area contributed by atoms with Crippen LogP contribution >= 0.6 is 0 Å². The third-order valence-corrected chi connectivity index (χ3v) is 3.62. The van der Waals surface area contributed by atoms with Crippen molar-refractivity contribution < 1.29 is 9.59 Å². The van der Waals surface area contributed by atoms with Crippen LogP contribution < -0.4 is 10.6 Å². The van der Waals surface area contributed by atoms with E-state index in [-0.39, 0.29) is 0 Å². The predicted molar refractivity (Wildman–Crippen MR) is 84.0 cm³/mol. The molecule has 2 amide bonds. The quantitative estimate of drug-likeness (QED) is 0.661. The van der Waals surface area contributed by atoms with Gasteiger partial charge in [-0.05, 0) is 44.2 Å². The smallest absolute Gasteiger partial charge is 0.313 e. The molecule has 0 unspecified atom stereocenters. The molecule has 0 heterocycles. The average Bonchev–Trinajstić information content (AvgIpc) is 2.56. The highest BCUT2D eigenvalue weighted by molar-refractivity contribution is 6.39. The monoisotopic (exact) mass is 297 g/mol. The fourth-order valence-electron chi connectivity index (χ4n) is 2.42. The molecule has 1 aliphatic rings. The standard InChI is InChI=1S/C17H19N3O2/c18-12-14-8-4-5-9-15(14)20-17(22)16(21)19-11-10-13-6-2-1-3-7-13/h4-6,8-9H,1-3,7,10-11H2,(H,19,21)(H,20,22). The minimum absolute atomic E-state index is 0.330. The number of para-hydroxylation sites is 1. The highest BCUT2D eigenvalue weighted by Gasteiger charge is 2.15. The second-order valence-corrected chi connectivity index (χ2v) is 5.23. The highest BCUT2D eigenvalue weighted by Crippen LogP contribution is 2.19. The lowest BCUT2D eigenvalue weighted by Crippen LogP contribution is -2.36. The van der Waals surface area contributed by atoms with Crippen molar-refractivity contribution in [3.05, 3.63) is 41.5 Å². The molecule has 0 fully saturated rings. The Bertz CT molecular complexity index is 629. The van der Waals surface area contributed by atoms with E-state index in [1.165, 1.54) is 18.4 Å². The van der Waals surface area contributed by atoms with E-state index in [2.05, 4.69) is 16.7 Å². The summed E-state index contributed by atoms with van der Waals surface area (Å²) in [6.07, 6.45) is 7.63. The molecule has 114 valence electrons. The Hall–Kier alpha value is -2.61. The first-order valence-electron chi connectivity index (χ1n) is 7.47. The molecule has 0 atom stereocenters. The van der Waals surface area contributed by atoms with Crippen LogP contribution in [0.5, 0.6) is 0 Å². The van der Waals surface area contributed by atoms with E-state index in [9.17, 15) is 9.59 Å². The highest BCUT2D eigenvalue weighted by atomic mass is 16.2. The molecular formula is C17H19N3O2. The second-order valence-electron chi connectivity index (χ2n) is 5.23. The summed E-state index contributed by atoms with van der Waals surface area (Å²) in [7, 11) is 0. The number of rotatable bonds is 4. The molecule has 0 radical (unpaired) electrons. The van der Waals surface area contributed by atoms with Gasteiger partial charge in [-0.25, -0.2) is 0 Å². The summed E-state index contributed by atoms with van der Waals surface area (Å²) in [6, 6.07) is 8.55. The topological polar surface area (TPSA) is 82.0 Å². The van der Waals surface area contributed by atoms with Gasteiger partial charge >= 0.3 is 11.8 Å². The van der Waals surface area contributed by atoms with Gasteiger partial charge in [-0.2, -0.15) is 5.26 Å². The number of hydrogen-bond donors (Lipinski definition) is 2. The Kier molecular flexibility index (Phi) is 5.73. The van der Waals surface area contributed by atoms with Crippen LogP contribution in [0.15, 0.2) is 35.9 Å². The number of carbonyl (C=O) groups is 2. The number of carbonyl (C=O) groups excluding carboxylic acids is 2. The van der Waals surface area contributed by atoms with Crippen LogP contribution in [0.2, 0.25) is 0 Å². The van der Waals surface area contributed by atoms with Crippen molar-refractivity contribution in [2.75, 3.05) is 11.9 Å². The molecule has 22 heavy (non-hydrogen) atoms. The Morgan fingerprint density at radius 3 is 2.73 bits per heavy atom. The van der Waals surface area contributed by atoms with Crippen molar-refractivity contribution in [3.8, 4) is 6.07 Å². The Morgan fingerprint density at radius 2 is 2.00 bits per heavy atom. The molecule has 0 spiro atoms. The van der Waals surface area contributed by atoms with Crippen LogP contribution in [0.4, 0.5) is 5.69 Å². The number of allylic oxidation sites excluding steroid dienone is 1. The minimum Gasteiger partial charge on any atom is -0.348 e. The summed E-state index contributed by atoms with van der Waals surface area (Å²) < 4.78 is 0. The van der Waals surface area contributed by atoms with E-state index in [1.807, 2.05) is 6.07 Å². The molecule has 5 heteroatoms. The molecule has 0 saturated carbocycles. The van der Waals surface area contributed by atoms with Gasteiger partial charge in [0, 0.05) is 6.54 Å². The van der Waals surface area contributed by atoms with E-state index < -0.39 is 11.8 Å². The number of benzene rings is 1. The zero-order valence-electron chi connectivity index (χ0n) is 12.4. The van der Waals surface area contributed by atoms with E-state index in [4.69, 9.17) is 5.26 Å². The first-order chi connectivity index (χ1) is 10.7. The van der Waals surface area contributed by atoms with Crippen molar-refractivity contribution in [1.82, 2.24) is 5.32 Å². The molecule has 0 saturated heterocycles. The lowest BCUT2D eigenvalue weighted by molar-refractivity contribution is -0.136. The van der Waals surface area contributed by atoms with Crippen molar-refractivity contribution in [3.63, 3.8) is 0 Å². The summed E-state index contributed by atoms with van der Waals surface area (Å²) in [5, 5.41) is 14.0. The second kappa shape index (κ2) is 7.99. The van der Waals surface area contributed by atoms with Crippen LogP contribution in [0.25, 0.3) is 0 Å². The third kappa shape index (κ3) is 4.45. The van der Waals surface area contributed by atoms with Crippen LogP contribution in [-0.4, -0.2) is 18.4 Å². The van der Waals surface area contributed by atoms with E-state index in [0.717, 1.165) is 19.3 Å². The summed E-state index contributed by atoms with van der Waals surface area (Å²) >= 11 is 0. The lowest BCUT2D eigenvalue weighted by atomic mass is 9.97. The molecular weight excluding hydrogens is 278 g/mol. The molecule has 1 aliphatic carbocycles. The number of nitriles is 1. The summed E-state index contributed by atoms with van der Waals surface area (Å²) in [4.78, 5) is 23.6. The van der Waals surface area contributed by atoms with Crippen molar-refractivity contribution in [1.29, 1.82) is 5.26 Å². The van der Waals surface area contributed by atoms with Crippen LogP contribution in [0, 0.1) is 11.3 Å². The SMILES string of the molecule is N#Cc1ccccc1NC(=O)C(=O)NCCC1=CCCCC1. The van der Waals surface area contributed by atoms with Gasteiger partial charge in [-0.3, -0.25) is 9.59 Å². The zero-order chi connectivity index (χ0) is 15.8. The molecule has 2 rings (SSSR count).